The molecule has 1 heterocycles. The van der Waals surface area contributed by atoms with Crippen LogP contribution < -0.4 is 5.32 Å². The van der Waals surface area contributed by atoms with Gasteiger partial charge in [-0.2, -0.15) is 13.2 Å². The molecule has 0 amide bonds. The van der Waals surface area contributed by atoms with Crippen LogP contribution in [0.5, 0.6) is 0 Å². The van der Waals surface area contributed by atoms with Crippen LogP contribution in [0.15, 0.2) is 0 Å². The minimum atomic E-state index is -4.10. The SMILES string of the molecule is CC(C)C1CNC(C)(C)CN1C1(C(F)(F)F)CC1. The quantitative estimate of drug-likeness (QED) is 0.825. The molecule has 1 atom stereocenters. The maximum Gasteiger partial charge on any atom is 0.406 e. The minimum absolute atomic E-state index is 0.0258. The molecule has 5 heteroatoms. The van der Waals surface area contributed by atoms with Crippen LogP contribution in [0, 0.1) is 5.92 Å². The second-order valence-corrected chi connectivity index (χ2v) is 6.73. The maximum absolute atomic E-state index is 13.3. The topological polar surface area (TPSA) is 15.3 Å². The Bertz CT molecular complexity index is 319. The van der Waals surface area contributed by atoms with E-state index in [1.54, 1.807) is 4.90 Å². The van der Waals surface area contributed by atoms with Gasteiger partial charge in [0.15, 0.2) is 0 Å². The Morgan fingerprint density at radius 2 is 1.78 bits per heavy atom. The van der Waals surface area contributed by atoms with Gasteiger partial charge in [-0.25, -0.2) is 0 Å². The molecule has 2 nitrogen and oxygen atoms in total. The summed E-state index contributed by atoms with van der Waals surface area (Å²) < 4.78 is 39.9. The van der Waals surface area contributed by atoms with Gasteiger partial charge < -0.3 is 5.32 Å². The summed E-state index contributed by atoms with van der Waals surface area (Å²) in [7, 11) is 0. The van der Waals surface area contributed by atoms with E-state index < -0.39 is 11.7 Å². The van der Waals surface area contributed by atoms with E-state index >= 15 is 0 Å². The molecule has 106 valence electrons. The molecule has 0 aromatic rings. The fraction of sp³-hybridized carbons (Fsp3) is 1.00. The molecule has 1 saturated heterocycles. The molecule has 0 bridgehead atoms. The molecule has 2 rings (SSSR count). The van der Waals surface area contributed by atoms with Crippen LogP contribution in [0.25, 0.3) is 0 Å². The number of nitrogens with one attached hydrogen (secondary N) is 1. The smallest absolute Gasteiger partial charge is 0.309 e. The van der Waals surface area contributed by atoms with Gasteiger partial charge in [-0.05, 0) is 32.6 Å². The van der Waals surface area contributed by atoms with Crippen molar-refractivity contribution in [2.45, 2.75) is 63.8 Å². The molecule has 18 heavy (non-hydrogen) atoms. The Morgan fingerprint density at radius 1 is 1.22 bits per heavy atom. The number of rotatable bonds is 2. The monoisotopic (exact) mass is 264 g/mol. The van der Waals surface area contributed by atoms with Crippen molar-refractivity contribution in [3.8, 4) is 0 Å². The van der Waals surface area contributed by atoms with Crippen LogP contribution in [0.4, 0.5) is 13.2 Å². The average molecular weight is 264 g/mol. The molecule has 1 N–H and O–H groups in total. The van der Waals surface area contributed by atoms with Gasteiger partial charge in [-0.1, -0.05) is 13.8 Å². The second kappa shape index (κ2) is 4.10. The molecule has 1 aliphatic carbocycles. The number of hydrogen-bond donors (Lipinski definition) is 1. The van der Waals surface area contributed by atoms with Gasteiger partial charge in [0.25, 0.3) is 0 Å². The third kappa shape index (κ3) is 2.27. The van der Waals surface area contributed by atoms with Crippen LogP contribution in [0.1, 0.15) is 40.5 Å². The summed E-state index contributed by atoms with van der Waals surface area (Å²) >= 11 is 0. The lowest BCUT2D eigenvalue weighted by Crippen LogP contribution is -2.68. The van der Waals surface area contributed by atoms with Crippen LogP contribution in [-0.2, 0) is 0 Å². The standard InChI is InChI=1S/C13H23F3N2/c1-9(2)10-7-17-11(3,4)8-18(10)12(5-6-12)13(14,15)16/h9-10,17H,5-8H2,1-4H3. The summed E-state index contributed by atoms with van der Waals surface area (Å²) in [5.41, 5.74) is -1.78. The van der Waals surface area contributed by atoms with E-state index in [-0.39, 0.29) is 30.3 Å². The van der Waals surface area contributed by atoms with Gasteiger partial charge in [0, 0.05) is 24.7 Å². The number of halogens is 3. The van der Waals surface area contributed by atoms with E-state index in [0.717, 1.165) is 0 Å². The highest BCUT2D eigenvalue weighted by molar-refractivity contribution is 5.14. The molecule has 2 aliphatic rings. The summed E-state index contributed by atoms with van der Waals surface area (Å²) in [6.07, 6.45) is -3.58. The third-order valence-corrected chi connectivity index (χ3v) is 4.33. The number of nitrogens with zero attached hydrogens (tertiary/aromatic N) is 1. The van der Waals surface area contributed by atoms with Crippen molar-refractivity contribution >= 4 is 0 Å². The largest absolute Gasteiger partial charge is 0.406 e. The van der Waals surface area contributed by atoms with E-state index in [2.05, 4.69) is 5.32 Å². The lowest BCUT2D eigenvalue weighted by molar-refractivity contribution is -0.211. The lowest BCUT2D eigenvalue weighted by atomic mass is 9.90. The molecule has 1 unspecified atom stereocenters. The predicted octanol–water partition coefficient (Wildman–Crippen LogP) is 2.79. The molecule has 0 spiro atoms. The van der Waals surface area contributed by atoms with E-state index in [1.165, 1.54) is 0 Å². The van der Waals surface area contributed by atoms with Crippen LogP contribution >= 0.6 is 0 Å². The van der Waals surface area contributed by atoms with Crippen molar-refractivity contribution in [3.63, 3.8) is 0 Å². The molecule has 2 fully saturated rings. The summed E-state index contributed by atoms with van der Waals surface area (Å²) in [5, 5.41) is 3.36. The molecule has 0 aromatic carbocycles. The average Bonchev–Trinajstić information content (AvgIpc) is 2.94. The van der Waals surface area contributed by atoms with Gasteiger partial charge >= 0.3 is 6.18 Å². The minimum Gasteiger partial charge on any atom is -0.309 e. The Kier molecular flexibility index (Phi) is 3.22. The highest BCUT2D eigenvalue weighted by atomic mass is 19.4. The van der Waals surface area contributed by atoms with Gasteiger partial charge in [0.2, 0.25) is 0 Å². The van der Waals surface area contributed by atoms with Gasteiger partial charge in [0.1, 0.15) is 5.54 Å². The van der Waals surface area contributed by atoms with Crippen LogP contribution in [0.3, 0.4) is 0 Å². The van der Waals surface area contributed by atoms with Crippen LogP contribution in [-0.4, -0.2) is 41.3 Å². The molecule has 1 saturated carbocycles. The van der Waals surface area contributed by atoms with Crippen molar-refractivity contribution in [1.82, 2.24) is 10.2 Å². The first-order valence-corrected chi connectivity index (χ1v) is 6.68. The Labute approximate surface area is 107 Å². The first-order chi connectivity index (χ1) is 8.09. The van der Waals surface area contributed by atoms with Gasteiger partial charge in [0.05, 0.1) is 0 Å². The van der Waals surface area contributed by atoms with Crippen molar-refractivity contribution < 1.29 is 13.2 Å². The van der Waals surface area contributed by atoms with Crippen molar-refractivity contribution in [2.75, 3.05) is 13.1 Å². The summed E-state index contributed by atoms with van der Waals surface area (Å²) in [4.78, 5) is 1.73. The van der Waals surface area contributed by atoms with Crippen LogP contribution in [0.2, 0.25) is 0 Å². The van der Waals surface area contributed by atoms with E-state index in [9.17, 15) is 13.2 Å². The van der Waals surface area contributed by atoms with Crippen molar-refractivity contribution in [3.05, 3.63) is 0 Å². The molecular formula is C13H23F3N2. The van der Waals surface area contributed by atoms with Crippen molar-refractivity contribution in [1.29, 1.82) is 0 Å². The zero-order valence-electron chi connectivity index (χ0n) is 11.6. The summed E-state index contributed by atoms with van der Waals surface area (Å²) in [6, 6.07) is -0.0258. The molecule has 0 radical (unpaired) electrons. The van der Waals surface area contributed by atoms with E-state index in [4.69, 9.17) is 0 Å². The number of alkyl halides is 3. The first kappa shape index (κ1) is 14.1. The molecule has 1 aliphatic heterocycles. The molecular weight excluding hydrogens is 241 g/mol. The fourth-order valence-corrected chi connectivity index (χ4v) is 3.01. The summed E-state index contributed by atoms with van der Waals surface area (Å²) in [5.74, 6) is 0.230. The fourth-order valence-electron chi connectivity index (χ4n) is 3.01. The third-order valence-electron chi connectivity index (χ3n) is 4.33. The zero-order chi connectivity index (χ0) is 13.8. The maximum atomic E-state index is 13.3. The number of hydrogen-bond acceptors (Lipinski definition) is 2. The summed E-state index contributed by atoms with van der Waals surface area (Å²) in [6.45, 7) is 9.07. The lowest BCUT2D eigenvalue weighted by Gasteiger charge is -2.50. The van der Waals surface area contributed by atoms with Crippen molar-refractivity contribution in [2.24, 2.45) is 5.92 Å². The van der Waals surface area contributed by atoms with E-state index in [1.807, 2.05) is 27.7 Å². The highest BCUT2D eigenvalue weighted by Crippen LogP contribution is 2.55. The van der Waals surface area contributed by atoms with Gasteiger partial charge in [-0.15, -0.1) is 0 Å². The zero-order valence-corrected chi connectivity index (χ0v) is 11.6. The normalized spacial score (nSPS) is 31.7. The number of piperazine rings is 1. The highest BCUT2D eigenvalue weighted by Gasteiger charge is 2.68. The predicted molar refractivity (Wildman–Crippen MR) is 65.4 cm³/mol. The second-order valence-electron chi connectivity index (χ2n) is 6.73. The van der Waals surface area contributed by atoms with E-state index in [0.29, 0.717) is 13.1 Å². The Hall–Kier alpha value is -0.290. The Balaban J connectivity index is 2.26. The molecule has 0 aromatic heterocycles. The first-order valence-electron chi connectivity index (χ1n) is 6.68. The Morgan fingerprint density at radius 3 is 2.17 bits per heavy atom. The van der Waals surface area contributed by atoms with Gasteiger partial charge in [-0.3, -0.25) is 4.90 Å².